The molecule has 0 radical (unpaired) electrons. The molecule has 6 heteroatoms. The third-order valence-electron chi connectivity index (χ3n) is 3.73. The van der Waals surface area contributed by atoms with Crippen molar-refractivity contribution in [3.63, 3.8) is 0 Å². The van der Waals surface area contributed by atoms with Gasteiger partial charge in [-0.15, -0.1) is 10.2 Å². The van der Waals surface area contributed by atoms with Gasteiger partial charge in [-0.3, -0.25) is 4.79 Å². The first-order valence-corrected chi connectivity index (χ1v) is 8.14. The SMILES string of the molecule is Cc1nnc(C(CC(C)C)NC(=O)COc2ccc(C)c(C)c2)o1. The van der Waals surface area contributed by atoms with E-state index in [1.54, 1.807) is 6.92 Å². The lowest BCUT2D eigenvalue weighted by atomic mass is 10.0. The van der Waals surface area contributed by atoms with Crippen molar-refractivity contribution in [3.8, 4) is 5.75 Å². The summed E-state index contributed by atoms with van der Waals surface area (Å²) in [6.45, 7) is 9.88. The van der Waals surface area contributed by atoms with Crippen LogP contribution >= 0.6 is 0 Å². The lowest BCUT2D eigenvalue weighted by molar-refractivity contribution is -0.124. The van der Waals surface area contributed by atoms with Crippen LogP contribution in [0.3, 0.4) is 0 Å². The first-order chi connectivity index (χ1) is 11.3. The van der Waals surface area contributed by atoms with E-state index in [0.717, 1.165) is 12.0 Å². The maximum absolute atomic E-state index is 12.2. The van der Waals surface area contributed by atoms with Gasteiger partial charge in [-0.05, 0) is 49.4 Å². The van der Waals surface area contributed by atoms with Crippen LogP contribution in [0.2, 0.25) is 0 Å². The van der Waals surface area contributed by atoms with Crippen molar-refractivity contribution in [3.05, 3.63) is 41.1 Å². The van der Waals surface area contributed by atoms with Gasteiger partial charge in [0.05, 0.1) is 0 Å². The molecule has 0 fully saturated rings. The molecule has 1 unspecified atom stereocenters. The number of ether oxygens (including phenoxy) is 1. The Balaban J connectivity index is 1.95. The van der Waals surface area contributed by atoms with E-state index in [2.05, 4.69) is 29.4 Å². The first-order valence-electron chi connectivity index (χ1n) is 8.14. The number of hydrogen-bond acceptors (Lipinski definition) is 5. The topological polar surface area (TPSA) is 77.2 Å². The zero-order valence-corrected chi connectivity index (χ0v) is 14.9. The summed E-state index contributed by atoms with van der Waals surface area (Å²) >= 11 is 0. The maximum atomic E-state index is 12.2. The molecule has 1 N–H and O–H groups in total. The van der Waals surface area contributed by atoms with Crippen LogP contribution in [0.15, 0.2) is 22.6 Å². The Hall–Kier alpha value is -2.37. The Morgan fingerprint density at radius 1 is 1.21 bits per heavy atom. The molecular weight excluding hydrogens is 306 g/mol. The summed E-state index contributed by atoms with van der Waals surface area (Å²) in [5, 5.41) is 10.8. The Kier molecular flexibility index (Phi) is 5.95. The molecule has 0 spiro atoms. The average molecular weight is 331 g/mol. The quantitative estimate of drug-likeness (QED) is 0.842. The van der Waals surface area contributed by atoms with Crippen molar-refractivity contribution in [2.24, 2.45) is 5.92 Å². The van der Waals surface area contributed by atoms with Gasteiger partial charge in [0.2, 0.25) is 11.8 Å². The highest BCUT2D eigenvalue weighted by molar-refractivity contribution is 5.77. The minimum Gasteiger partial charge on any atom is -0.484 e. The molecular formula is C18H25N3O3. The molecule has 1 aromatic heterocycles. The molecule has 0 saturated heterocycles. The van der Waals surface area contributed by atoms with E-state index in [4.69, 9.17) is 9.15 Å². The second kappa shape index (κ2) is 7.95. The van der Waals surface area contributed by atoms with E-state index >= 15 is 0 Å². The van der Waals surface area contributed by atoms with Crippen LogP contribution in [-0.2, 0) is 4.79 Å². The molecule has 0 bridgehead atoms. The molecule has 130 valence electrons. The van der Waals surface area contributed by atoms with E-state index in [1.165, 1.54) is 5.56 Å². The Morgan fingerprint density at radius 3 is 2.54 bits per heavy atom. The van der Waals surface area contributed by atoms with E-state index in [1.807, 2.05) is 32.0 Å². The van der Waals surface area contributed by atoms with Gasteiger partial charge in [0.1, 0.15) is 11.8 Å². The highest BCUT2D eigenvalue weighted by atomic mass is 16.5. The molecule has 2 aromatic rings. The Bertz CT molecular complexity index is 695. The second-order valence-electron chi connectivity index (χ2n) is 6.44. The van der Waals surface area contributed by atoms with Crippen LogP contribution in [0.1, 0.15) is 49.2 Å². The summed E-state index contributed by atoms with van der Waals surface area (Å²) in [5.41, 5.74) is 2.32. The fourth-order valence-corrected chi connectivity index (χ4v) is 2.33. The Labute approximate surface area is 142 Å². The smallest absolute Gasteiger partial charge is 0.258 e. The van der Waals surface area contributed by atoms with Crippen molar-refractivity contribution >= 4 is 5.91 Å². The van der Waals surface area contributed by atoms with Gasteiger partial charge >= 0.3 is 0 Å². The van der Waals surface area contributed by atoms with E-state index in [9.17, 15) is 4.79 Å². The largest absolute Gasteiger partial charge is 0.484 e. The van der Waals surface area contributed by atoms with Crippen molar-refractivity contribution in [2.75, 3.05) is 6.61 Å². The van der Waals surface area contributed by atoms with Gasteiger partial charge in [-0.2, -0.15) is 0 Å². The number of nitrogens with one attached hydrogen (secondary N) is 1. The standard InChI is InChI=1S/C18H25N3O3/c1-11(2)8-16(18-21-20-14(5)24-18)19-17(22)10-23-15-7-6-12(3)13(4)9-15/h6-7,9,11,16H,8,10H2,1-5H3,(H,19,22). The molecule has 1 heterocycles. The van der Waals surface area contributed by atoms with E-state index in [0.29, 0.717) is 23.4 Å². The third-order valence-corrected chi connectivity index (χ3v) is 3.73. The summed E-state index contributed by atoms with van der Waals surface area (Å²) in [6, 6.07) is 5.46. The van der Waals surface area contributed by atoms with Gasteiger partial charge in [-0.25, -0.2) is 0 Å². The number of hydrogen-bond donors (Lipinski definition) is 1. The lowest BCUT2D eigenvalue weighted by Crippen LogP contribution is -2.33. The molecule has 24 heavy (non-hydrogen) atoms. The summed E-state index contributed by atoms with van der Waals surface area (Å²) in [5.74, 6) is 1.76. The van der Waals surface area contributed by atoms with Gasteiger partial charge in [0.25, 0.3) is 5.91 Å². The fourth-order valence-electron chi connectivity index (χ4n) is 2.33. The number of nitrogens with zero attached hydrogens (tertiary/aromatic N) is 2. The van der Waals surface area contributed by atoms with Crippen LogP contribution in [0.25, 0.3) is 0 Å². The minimum atomic E-state index is -0.304. The minimum absolute atomic E-state index is 0.0514. The van der Waals surface area contributed by atoms with E-state index < -0.39 is 0 Å². The van der Waals surface area contributed by atoms with Crippen molar-refractivity contribution in [2.45, 2.75) is 47.1 Å². The Morgan fingerprint density at radius 2 is 1.96 bits per heavy atom. The summed E-state index contributed by atoms with van der Waals surface area (Å²) in [4.78, 5) is 12.2. The van der Waals surface area contributed by atoms with Crippen molar-refractivity contribution in [1.82, 2.24) is 15.5 Å². The molecule has 0 aliphatic rings. The van der Waals surface area contributed by atoms with Crippen LogP contribution in [-0.4, -0.2) is 22.7 Å². The maximum Gasteiger partial charge on any atom is 0.258 e. The number of rotatable bonds is 7. The molecule has 1 atom stereocenters. The third kappa shape index (κ3) is 5.08. The summed E-state index contributed by atoms with van der Waals surface area (Å²) < 4.78 is 11.0. The van der Waals surface area contributed by atoms with Crippen LogP contribution in [0, 0.1) is 26.7 Å². The zero-order valence-electron chi connectivity index (χ0n) is 14.9. The lowest BCUT2D eigenvalue weighted by Gasteiger charge is -2.17. The molecule has 6 nitrogen and oxygen atoms in total. The number of aryl methyl sites for hydroxylation is 3. The second-order valence-corrected chi connectivity index (χ2v) is 6.44. The molecule has 0 saturated carbocycles. The van der Waals surface area contributed by atoms with Gasteiger partial charge in [-0.1, -0.05) is 19.9 Å². The zero-order chi connectivity index (χ0) is 17.7. The number of amides is 1. The number of carbonyl (C=O) groups is 1. The predicted octanol–water partition coefficient (Wildman–Crippen LogP) is 3.28. The van der Waals surface area contributed by atoms with Crippen LogP contribution in [0.5, 0.6) is 5.75 Å². The molecule has 1 aromatic carbocycles. The average Bonchev–Trinajstić information content (AvgIpc) is 2.94. The van der Waals surface area contributed by atoms with Gasteiger partial charge < -0.3 is 14.5 Å². The van der Waals surface area contributed by atoms with E-state index in [-0.39, 0.29) is 18.6 Å². The molecule has 2 rings (SSSR count). The molecule has 0 aliphatic heterocycles. The number of carbonyl (C=O) groups excluding carboxylic acids is 1. The van der Waals surface area contributed by atoms with Gasteiger partial charge in [0.15, 0.2) is 6.61 Å². The predicted molar refractivity (Wildman–Crippen MR) is 90.8 cm³/mol. The number of benzene rings is 1. The van der Waals surface area contributed by atoms with Crippen molar-refractivity contribution in [1.29, 1.82) is 0 Å². The summed E-state index contributed by atoms with van der Waals surface area (Å²) in [7, 11) is 0. The summed E-state index contributed by atoms with van der Waals surface area (Å²) in [6.07, 6.45) is 0.719. The molecule has 1 amide bonds. The normalized spacial score (nSPS) is 12.2. The van der Waals surface area contributed by atoms with Crippen LogP contribution in [0.4, 0.5) is 0 Å². The monoisotopic (exact) mass is 331 g/mol. The number of aromatic nitrogens is 2. The van der Waals surface area contributed by atoms with Crippen molar-refractivity contribution < 1.29 is 13.9 Å². The first kappa shape index (κ1) is 18.0. The molecule has 0 aliphatic carbocycles. The van der Waals surface area contributed by atoms with Gasteiger partial charge in [0, 0.05) is 6.92 Å². The van der Waals surface area contributed by atoms with Crippen LogP contribution < -0.4 is 10.1 Å². The fraction of sp³-hybridized carbons (Fsp3) is 0.500. The highest BCUT2D eigenvalue weighted by Crippen LogP contribution is 2.20. The highest BCUT2D eigenvalue weighted by Gasteiger charge is 2.21.